The lowest BCUT2D eigenvalue weighted by Gasteiger charge is -2.34. The van der Waals surface area contributed by atoms with Gasteiger partial charge in [-0.3, -0.25) is 14.4 Å². The number of nitrogens with one attached hydrogen (secondary N) is 1. The van der Waals surface area contributed by atoms with Gasteiger partial charge in [-0.25, -0.2) is 0 Å². The van der Waals surface area contributed by atoms with Crippen molar-refractivity contribution in [3.8, 4) is 0 Å². The van der Waals surface area contributed by atoms with Crippen LogP contribution in [0, 0.1) is 11.8 Å². The molecule has 1 aromatic rings. The second kappa shape index (κ2) is 12.1. The fourth-order valence-electron chi connectivity index (χ4n) is 6.50. The molecule has 3 aliphatic heterocycles. The van der Waals surface area contributed by atoms with Gasteiger partial charge in [-0.15, -0.1) is 11.8 Å². The minimum Gasteiger partial charge on any atom is -0.466 e. The first kappa shape index (κ1) is 27.8. The van der Waals surface area contributed by atoms with Gasteiger partial charge in [-0.05, 0) is 70.7 Å². The molecule has 0 radical (unpaired) electrons. The van der Waals surface area contributed by atoms with Crippen molar-refractivity contribution in [3.63, 3.8) is 0 Å². The number of carbonyl (C=O) groups excluding carboxylic acids is 3. The number of rotatable bonds is 13. The number of hydrogen-bond acceptors (Lipinski definition) is 7. The normalized spacial score (nSPS) is 27.9. The standard InChI is InChI=1S/C28H41N3O5S/c1-4-30(5-2)20-13-11-19(12-14-20)29-25(33)24-28-16-15-21(37-28)22(27(35)36-6-3)23(28)26(34)31(24)17-9-7-8-10-18-32/h11-14,21-24,32H,4-10,15-18H2,1-3H3,(H,29,33)/t21-,22+,23+,24?,28?/m1/s1. The lowest BCUT2D eigenvalue weighted by atomic mass is 9.71. The molecule has 3 fully saturated rings. The number of unbranched alkanes of at least 4 members (excludes halogenated alkanes) is 3. The second-order valence-corrected chi connectivity index (χ2v) is 11.8. The van der Waals surface area contributed by atoms with E-state index in [9.17, 15) is 14.4 Å². The van der Waals surface area contributed by atoms with Crippen LogP contribution in [0.5, 0.6) is 0 Å². The predicted molar refractivity (Wildman–Crippen MR) is 147 cm³/mol. The molecule has 204 valence electrons. The van der Waals surface area contributed by atoms with Crippen LogP contribution >= 0.6 is 11.8 Å². The molecule has 0 saturated carbocycles. The molecule has 9 heteroatoms. The Labute approximate surface area is 224 Å². The summed E-state index contributed by atoms with van der Waals surface area (Å²) in [6.45, 7) is 8.73. The van der Waals surface area contributed by atoms with Gasteiger partial charge in [0, 0.05) is 42.9 Å². The number of anilines is 2. The van der Waals surface area contributed by atoms with E-state index in [0.717, 1.165) is 57.3 Å². The van der Waals surface area contributed by atoms with E-state index in [1.165, 1.54) is 0 Å². The first-order valence-electron chi connectivity index (χ1n) is 13.8. The lowest BCUT2D eigenvalue weighted by Crippen LogP contribution is -2.51. The Morgan fingerprint density at radius 3 is 2.49 bits per heavy atom. The number of nitrogens with zero attached hydrogens (tertiary/aromatic N) is 2. The van der Waals surface area contributed by atoms with Crippen LogP contribution in [0.15, 0.2) is 24.3 Å². The van der Waals surface area contributed by atoms with E-state index >= 15 is 0 Å². The minimum absolute atomic E-state index is 0.0170. The van der Waals surface area contributed by atoms with Gasteiger partial charge >= 0.3 is 5.97 Å². The van der Waals surface area contributed by atoms with Crippen molar-refractivity contribution in [2.45, 2.75) is 75.3 Å². The summed E-state index contributed by atoms with van der Waals surface area (Å²) in [5.74, 6) is -1.59. The highest BCUT2D eigenvalue weighted by molar-refractivity contribution is 8.02. The van der Waals surface area contributed by atoms with Crippen LogP contribution in [0.2, 0.25) is 0 Å². The third-order valence-corrected chi connectivity index (χ3v) is 10.1. The van der Waals surface area contributed by atoms with Gasteiger partial charge in [0.05, 0.1) is 23.2 Å². The van der Waals surface area contributed by atoms with Gasteiger partial charge in [0.1, 0.15) is 6.04 Å². The highest BCUT2D eigenvalue weighted by atomic mass is 32.2. The van der Waals surface area contributed by atoms with Crippen molar-refractivity contribution in [2.24, 2.45) is 11.8 Å². The quantitative estimate of drug-likeness (QED) is 0.296. The number of amides is 2. The molecule has 5 atom stereocenters. The van der Waals surface area contributed by atoms with Gasteiger partial charge < -0.3 is 25.0 Å². The molecule has 0 aliphatic carbocycles. The molecular weight excluding hydrogens is 490 g/mol. The van der Waals surface area contributed by atoms with Crippen LogP contribution in [-0.2, 0) is 19.1 Å². The molecule has 8 nitrogen and oxygen atoms in total. The van der Waals surface area contributed by atoms with Gasteiger partial charge in [-0.2, -0.15) is 0 Å². The van der Waals surface area contributed by atoms with E-state index < -0.39 is 22.6 Å². The van der Waals surface area contributed by atoms with Crippen molar-refractivity contribution >= 4 is 40.9 Å². The van der Waals surface area contributed by atoms with Gasteiger partial charge in [0.2, 0.25) is 11.8 Å². The number of aliphatic hydroxyl groups excluding tert-OH is 1. The van der Waals surface area contributed by atoms with Crippen molar-refractivity contribution in [1.29, 1.82) is 0 Å². The Morgan fingerprint density at radius 2 is 1.84 bits per heavy atom. The largest absolute Gasteiger partial charge is 0.466 e. The smallest absolute Gasteiger partial charge is 0.310 e. The lowest BCUT2D eigenvalue weighted by molar-refractivity contribution is -0.153. The number of likely N-dealkylation sites (tertiary alicyclic amines) is 1. The fourth-order valence-corrected chi connectivity index (χ4v) is 8.71. The Balaban J connectivity index is 1.57. The van der Waals surface area contributed by atoms with Crippen LogP contribution < -0.4 is 10.2 Å². The zero-order valence-electron chi connectivity index (χ0n) is 22.3. The summed E-state index contributed by atoms with van der Waals surface area (Å²) in [7, 11) is 0. The van der Waals surface area contributed by atoms with Gasteiger partial charge in [0.25, 0.3) is 0 Å². The van der Waals surface area contributed by atoms with E-state index in [1.54, 1.807) is 23.6 Å². The summed E-state index contributed by atoms with van der Waals surface area (Å²) in [5, 5.41) is 12.2. The maximum atomic E-state index is 13.9. The van der Waals surface area contributed by atoms with Crippen molar-refractivity contribution in [2.75, 3.05) is 43.1 Å². The number of hydrogen-bond donors (Lipinski definition) is 2. The number of fused-ring (bicyclic) bond motifs is 1. The molecule has 1 aromatic carbocycles. The molecule has 1 spiro atoms. The molecule has 3 aliphatic rings. The summed E-state index contributed by atoms with van der Waals surface area (Å²) in [6.07, 6.45) is 4.80. The molecule has 0 aromatic heterocycles. The summed E-state index contributed by atoms with van der Waals surface area (Å²) < 4.78 is 4.78. The molecule has 3 saturated heterocycles. The highest BCUT2D eigenvalue weighted by Gasteiger charge is 2.73. The number of benzene rings is 1. The van der Waals surface area contributed by atoms with Crippen molar-refractivity contribution < 1.29 is 24.2 Å². The Kier molecular flexibility index (Phi) is 9.06. The monoisotopic (exact) mass is 531 g/mol. The number of thioether (sulfide) groups is 1. The first-order valence-corrected chi connectivity index (χ1v) is 14.7. The van der Waals surface area contributed by atoms with Crippen LogP contribution in [0.3, 0.4) is 0 Å². The number of esters is 1. The van der Waals surface area contributed by atoms with Gasteiger partial charge in [0.15, 0.2) is 0 Å². The van der Waals surface area contributed by atoms with E-state index in [4.69, 9.17) is 9.84 Å². The summed E-state index contributed by atoms with van der Waals surface area (Å²) in [4.78, 5) is 44.6. The zero-order chi connectivity index (χ0) is 26.6. The first-order chi connectivity index (χ1) is 17.9. The Bertz CT molecular complexity index is 969. The van der Waals surface area contributed by atoms with Crippen LogP contribution in [0.1, 0.15) is 59.3 Å². The summed E-state index contributed by atoms with van der Waals surface area (Å²) in [5.41, 5.74) is 1.81. The van der Waals surface area contributed by atoms with E-state index in [2.05, 4.69) is 24.1 Å². The molecule has 3 heterocycles. The van der Waals surface area contributed by atoms with Crippen LogP contribution in [0.25, 0.3) is 0 Å². The van der Waals surface area contributed by atoms with E-state index in [-0.39, 0.29) is 36.2 Å². The number of carbonyl (C=O) groups is 3. The predicted octanol–water partition coefficient (Wildman–Crippen LogP) is 3.68. The van der Waals surface area contributed by atoms with E-state index in [1.807, 2.05) is 24.3 Å². The molecule has 2 amide bonds. The molecule has 2 unspecified atom stereocenters. The van der Waals surface area contributed by atoms with Crippen LogP contribution in [0.4, 0.5) is 11.4 Å². The minimum atomic E-state index is -0.625. The Morgan fingerprint density at radius 1 is 1.14 bits per heavy atom. The van der Waals surface area contributed by atoms with Crippen molar-refractivity contribution in [3.05, 3.63) is 24.3 Å². The van der Waals surface area contributed by atoms with E-state index in [0.29, 0.717) is 12.2 Å². The van der Waals surface area contributed by atoms with Gasteiger partial charge in [-0.1, -0.05) is 12.8 Å². The maximum Gasteiger partial charge on any atom is 0.310 e. The zero-order valence-corrected chi connectivity index (χ0v) is 23.1. The molecule has 2 N–H and O–H groups in total. The molecule has 37 heavy (non-hydrogen) atoms. The maximum absolute atomic E-state index is 13.9. The molecule has 2 bridgehead atoms. The van der Waals surface area contributed by atoms with Crippen LogP contribution in [-0.4, -0.2) is 76.7 Å². The fraction of sp³-hybridized carbons (Fsp3) is 0.679. The average molecular weight is 532 g/mol. The number of ether oxygens (including phenoxy) is 1. The molecular formula is C28H41N3O5S. The average Bonchev–Trinajstić information content (AvgIpc) is 3.53. The number of aliphatic hydroxyl groups is 1. The third kappa shape index (κ3) is 5.21. The molecule has 4 rings (SSSR count). The third-order valence-electron chi connectivity index (χ3n) is 8.18. The van der Waals surface area contributed by atoms with Crippen molar-refractivity contribution in [1.82, 2.24) is 4.90 Å². The SMILES string of the molecule is CCOC(=O)[C@@H]1[C@H]2C(=O)N(CCCCCCO)C(C(=O)Nc3ccc(N(CC)CC)cc3)C23CC[C@H]1S3. The second-order valence-electron chi connectivity index (χ2n) is 10.2. The highest BCUT2D eigenvalue weighted by Crippen LogP contribution is 2.66. The summed E-state index contributed by atoms with van der Waals surface area (Å²) in [6, 6.07) is 7.22. The Hall–Kier alpha value is -2.26. The summed E-state index contributed by atoms with van der Waals surface area (Å²) >= 11 is 1.66. The topological polar surface area (TPSA) is 99.2 Å².